The largest absolute Gasteiger partial charge is 0.473 e. The Bertz CT molecular complexity index is 1150. The van der Waals surface area contributed by atoms with Crippen LogP contribution in [0.5, 0.6) is 0 Å². The molecule has 1 aromatic carbocycles. The molecule has 1 aliphatic heterocycles. The minimum Gasteiger partial charge on any atom is -0.473 e. The summed E-state index contributed by atoms with van der Waals surface area (Å²) in [5.74, 6) is -3.40. The molecule has 1 fully saturated rings. The molecule has 3 aromatic rings. The van der Waals surface area contributed by atoms with Crippen LogP contribution >= 0.6 is 11.3 Å². The molecular formula is C19H16F3N5O6S. The van der Waals surface area contributed by atoms with Gasteiger partial charge >= 0.3 is 18.1 Å². The van der Waals surface area contributed by atoms with Gasteiger partial charge in [-0.25, -0.2) is 14.6 Å². The highest BCUT2D eigenvalue weighted by molar-refractivity contribution is 7.13. The number of aromatic nitrogens is 3. The van der Waals surface area contributed by atoms with Gasteiger partial charge in [0.25, 0.3) is 0 Å². The average molecular weight is 499 g/mol. The number of nitrogens with one attached hydrogen (secondary N) is 1. The van der Waals surface area contributed by atoms with E-state index in [9.17, 15) is 18.0 Å². The van der Waals surface area contributed by atoms with Crippen molar-refractivity contribution in [3.05, 3.63) is 47.3 Å². The van der Waals surface area contributed by atoms with Gasteiger partial charge in [0.15, 0.2) is 5.13 Å². The maximum atomic E-state index is 12.8. The van der Waals surface area contributed by atoms with Crippen molar-refractivity contribution in [2.75, 3.05) is 25.0 Å². The SMILES string of the molecule is O=C(CN1CC(c2nc(-c3cccc(C(F)(F)F)c3)no2)C1)Nc1nccs1.O=C(O)C(=O)O. The molecule has 3 N–H and O–H groups in total. The molecule has 0 spiro atoms. The summed E-state index contributed by atoms with van der Waals surface area (Å²) < 4.78 is 43.7. The topological polar surface area (TPSA) is 159 Å². The van der Waals surface area contributed by atoms with Crippen molar-refractivity contribution in [3.63, 3.8) is 0 Å². The number of anilines is 1. The Morgan fingerprint density at radius 2 is 1.91 bits per heavy atom. The summed E-state index contributed by atoms with van der Waals surface area (Å²) in [6.45, 7) is 1.32. The highest BCUT2D eigenvalue weighted by Crippen LogP contribution is 2.32. The molecule has 0 saturated carbocycles. The van der Waals surface area contributed by atoms with Crippen LogP contribution in [0.25, 0.3) is 11.4 Å². The van der Waals surface area contributed by atoms with E-state index >= 15 is 0 Å². The first-order chi connectivity index (χ1) is 16.0. The third kappa shape index (κ3) is 6.58. The summed E-state index contributed by atoms with van der Waals surface area (Å²) in [5.41, 5.74) is -0.527. The molecule has 0 aliphatic carbocycles. The number of alkyl halides is 3. The quantitative estimate of drug-likeness (QED) is 0.445. The summed E-state index contributed by atoms with van der Waals surface area (Å²) in [6, 6.07) is 4.79. The van der Waals surface area contributed by atoms with Gasteiger partial charge in [-0.3, -0.25) is 9.69 Å². The Morgan fingerprint density at radius 3 is 2.50 bits per heavy atom. The van der Waals surface area contributed by atoms with Gasteiger partial charge in [0.05, 0.1) is 18.0 Å². The van der Waals surface area contributed by atoms with Crippen LogP contribution in [0.1, 0.15) is 17.4 Å². The zero-order valence-electron chi connectivity index (χ0n) is 17.0. The monoisotopic (exact) mass is 499 g/mol. The molecule has 0 radical (unpaired) electrons. The normalized spacial score (nSPS) is 14.0. The van der Waals surface area contributed by atoms with Crippen molar-refractivity contribution in [1.82, 2.24) is 20.0 Å². The number of nitrogens with zero attached hydrogens (tertiary/aromatic N) is 4. The second-order valence-electron chi connectivity index (χ2n) is 6.92. The number of hydrogen-bond donors (Lipinski definition) is 3. The summed E-state index contributed by atoms with van der Waals surface area (Å²) in [4.78, 5) is 40.2. The van der Waals surface area contributed by atoms with Crippen molar-refractivity contribution in [1.29, 1.82) is 0 Å². The fourth-order valence-electron chi connectivity index (χ4n) is 2.86. The minimum absolute atomic E-state index is 0.0558. The molecule has 3 heterocycles. The zero-order chi connectivity index (χ0) is 24.9. The lowest BCUT2D eigenvalue weighted by Gasteiger charge is -2.36. The molecule has 0 bridgehead atoms. The van der Waals surface area contributed by atoms with Gasteiger partial charge in [0.1, 0.15) is 0 Å². The number of amides is 1. The first kappa shape index (κ1) is 24.8. The number of hydrogen-bond acceptors (Lipinski definition) is 9. The third-order valence-corrected chi connectivity index (χ3v) is 5.11. The zero-order valence-corrected chi connectivity index (χ0v) is 17.8. The summed E-state index contributed by atoms with van der Waals surface area (Å²) in [5, 5.41) is 23.6. The van der Waals surface area contributed by atoms with Crippen LogP contribution in [-0.4, -0.2) is 67.7 Å². The number of carbonyl (C=O) groups excluding carboxylic acids is 1. The molecule has 180 valence electrons. The van der Waals surface area contributed by atoms with E-state index in [4.69, 9.17) is 24.3 Å². The fourth-order valence-corrected chi connectivity index (χ4v) is 3.40. The van der Waals surface area contributed by atoms with Crippen LogP contribution in [0.3, 0.4) is 0 Å². The molecular weight excluding hydrogens is 483 g/mol. The lowest BCUT2D eigenvalue weighted by atomic mass is 10.0. The number of carboxylic acid groups (broad SMARTS) is 2. The van der Waals surface area contributed by atoms with Crippen molar-refractivity contribution >= 4 is 34.3 Å². The fraction of sp³-hybridized carbons (Fsp3) is 0.263. The number of thiazole rings is 1. The van der Waals surface area contributed by atoms with Crippen molar-refractivity contribution in [3.8, 4) is 11.4 Å². The molecule has 34 heavy (non-hydrogen) atoms. The van der Waals surface area contributed by atoms with Gasteiger partial charge in [-0.05, 0) is 12.1 Å². The third-order valence-electron chi connectivity index (χ3n) is 4.43. The van der Waals surface area contributed by atoms with Crippen LogP contribution in [0.2, 0.25) is 0 Å². The van der Waals surface area contributed by atoms with E-state index in [0.717, 1.165) is 12.1 Å². The first-order valence-electron chi connectivity index (χ1n) is 9.42. The van der Waals surface area contributed by atoms with Crippen LogP contribution in [-0.2, 0) is 20.6 Å². The minimum atomic E-state index is -4.43. The Labute approximate surface area is 192 Å². The Hall–Kier alpha value is -3.85. The van der Waals surface area contributed by atoms with Gasteiger partial charge in [-0.2, -0.15) is 18.2 Å². The Morgan fingerprint density at radius 1 is 1.21 bits per heavy atom. The average Bonchev–Trinajstić information content (AvgIpc) is 3.42. The summed E-state index contributed by atoms with van der Waals surface area (Å²) >= 11 is 1.34. The van der Waals surface area contributed by atoms with Gasteiger partial charge < -0.3 is 20.1 Å². The molecule has 1 saturated heterocycles. The molecule has 15 heteroatoms. The molecule has 4 rings (SSSR count). The Kier molecular flexibility index (Phi) is 7.57. The predicted octanol–water partition coefficient (Wildman–Crippen LogP) is 2.41. The smallest absolute Gasteiger partial charge is 0.416 e. The second kappa shape index (κ2) is 10.4. The van der Waals surface area contributed by atoms with Crippen LogP contribution < -0.4 is 5.32 Å². The van der Waals surface area contributed by atoms with Gasteiger partial charge in [0.2, 0.25) is 17.6 Å². The number of halogens is 3. The molecule has 11 nitrogen and oxygen atoms in total. The van der Waals surface area contributed by atoms with E-state index in [1.54, 1.807) is 11.6 Å². The number of benzene rings is 1. The van der Waals surface area contributed by atoms with E-state index in [1.807, 2.05) is 4.90 Å². The number of carboxylic acids is 2. The lowest BCUT2D eigenvalue weighted by molar-refractivity contribution is -0.159. The highest BCUT2D eigenvalue weighted by Gasteiger charge is 2.34. The van der Waals surface area contributed by atoms with E-state index in [-0.39, 0.29) is 29.8 Å². The second-order valence-corrected chi connectivity index (χ2v) is 7.82. The maximum absolute atomic E-state index is 12.8. The highest BCUT2D eigenvalue weighted by atomic mass is 32.1. The van der Waals surface area contributed by atoms with E-state index < -0.39 is 23.7 Å². The Balaban J connectivity index is 0.000000481. The number of carbonyl (C=O) groups is 3. The predicted molar refractivity (Wildman–Crippen MR) is 110 cm³/mol. The first-order valence-corrected chi connectivity index (χ1v) is 10.3. The number of aliphatic carboxylic acids is 2. The van der Waals surface area contributed by atoms with E-state index in [0.29, 0.717) is 24.1 Å². The van der Waals surface area contributed by atoms with Crippen molar-refractivity contribution < 1.29 is 42.3 Å². The van der Waals surface area contributed by atoms with Gasteiger partial charge in [-0.15, -0.1) is 11.3 Å². The molecule has 0 unspecified atom stereocenters. The maximum Gasteiger partial charge on any atom is 0.416 e. The standard InChI is InChI=1S/C17H14F3N5O2S.C2H2O4/c18-17(19,20)12-3-1-2-10(6-12)14-23-15(27-24-14)11-7-25(8-11)9-13(26)22-16-21-4-5-28-16;3-1(4)2(5)6/h1-6,11H,7-9H2,(H,21,22,26);(H,3,4)(H,5,6). The number of likely N-dealkylation sites (tertiary alicyclic amines) is 1. The van der Waals surface area contributed by atoms with Crippen molar-refractivity contribution in [2.45, 2.75) is 12.1 Å². The molecule has 1 amide bonds. The molecule has 0 atom stereocenters. The summed E-state index contributed by atoms with van der Waals surface area (Å²) in [7, 11) is 0. The van der Waals surface area contributed by atoms with Crippen molar-refractivity contribution in [2.24, 2.45) is 0 Å². The van der Waals surface area contributed by atoms with E-state index in [2.05, 4.69) is 20.4 Å². The summed E-state index contributed by atoms with van der Waals surface area (Å²) in [6.07, 6.45) is -2.83. The van der Waals surface area contributed by atoms with Crippen LogP contribution in [0, 0.1) is 0 Å². The molecule has 2 aromatic heterocycles. The van der Waals surface area contributed by atoms with E-state index in [1.165, 1.54) is 23.5 Å². The van der Waals surface area contributed by atoms with Gasteiger partial charge in [-0.1, -0.05) is 17.3 Å². The lowest BCUT2D eigenvalue weighted by Crippen LogP contribution is -2.48. The van der Waals surface area contributed by atoms with Crippen LogP contribution in [0.15, 0.2) is 40.4 Å². The van der Waals surface area contributed by atoms with Gasteiger partial charge in [0, 0.05) is 30.2 Å². The number of rotatable bonds is 5. The van der Waals surface area contributed by atoms with Crippen LogP contribution in [0.4, 0.5) is 18.3 Å². The molecule has 1 aliphatic rings.